The van der Waals surface area contributed by atoms with E-state index >= 15 is 0 Å². The van der Waals surface area contributed by atoms with Gasteiger partial charge in [-0.05, 0) is 30.3 Å². The number of hydrogen-bond acceptors (Lipinski definition) is 6. The maximum Gasteiger partial charge on any atom is 0.232 e. The Bertz CT molecular complexity index is 1010. The van der Waals surface area contributed by atoms with Crippen molar-refractivity contribution >= 4 is 27.6 Å². The number of rotatable bonds is 2. The van der Waals surface area contributed by atoms with Crippen LogP contribution in [-0.4, -0.2) is 51.6 Å². The summed E-state index contributed by atoms with van der Waals surface area (Å²) in [6.45, 7) is 4.20. The SMILES string of the molecule is Brc1ccc2c(c1)C(c1ccccn1)=NCc1nnc(N3CCNCC3)n1-2. The van der Waals surface area contributed by atoms with Crippen molar-refractivity contribution < 1.29 is 0 Å². The summed E-state index contributed by atoms with van der Waals surface area (Å²) in [7, 11) is 0. The third kappa shape index (κ3) is 2.94. The van der Waals surface area contributed by atoms with Crippen molar-refractivity contribution in [2.45, 2.75) is 6.54 Å². The van der Waals surface area contributed by atoms with E-state index in [0.717, 1.165) is 65.1 Å². The van der Waals surface area contributed by atoms with Gasteiger partial charge in [0.05, 0.1) is 17.1 Å². The summed E-state index contributed by atoms with van der Waals surface area (Å²) < 4.78 is 3.15. The second-order valence-electron chi connectivity index (χ2n) is 6.53. The molecular weight excluding hydrogens is 406 g/mol. The molecule has 1 N–H and O–H groups in total. The molecule has 2 aromatic heterocycles. The Morgan fingerprint density at radius 3 is 2.74 bits per heavy atom. The minimum absolute atomic E-state index is 0.470. The quantitative estimate of drug-likeness (QED) is 0.683. The molecule has 27 heavy (non-hydrogen) atoms. The lowest BCUT2D eigenvalue weighted by molar-refractivity contribution is 0.576. The molecule has 5 rings (SSSR count). The molecule has 0 atom stereocenters. The lowest BCUT2D eigenvalue weighted by Gasteiger charge is -2.28. The zero-order valence-corrected chi connectivity index (χ0v) is 16.2. The summed E-state index contributed by atoms with van der Waals surface area (Å²) in [6, 6.07) is 12.1. The average Bonchev–Trinajstić information content (AvgIpc) is 3.07. The van der Waals surface area contributed by atoms with Gasteiger partial charge in [0.2, 0.25) is 5.95 Å². The molecule has 1 saturated heterocycles. The Labute approximate surface area is 165 Å². The number of halogens is 1. The topological polar surface area (TPSA) is 71.2 Å². The lowest BCUT2D eigenvalue weighted by Crippen LogP contribution is -2.44. The van der Waals surface area contributed by atoms with E-state index in [1.165, 1.54) is 0 Å². The van der Waals surface area contributed by atoms with Crippen LogP contribution in [0.3, 0.4) is 0 Å². The standard InChI is InChI=1S/C19H18BrN7/c20-13-4-5-16-14(11-13)18(15-3-1-2-6-22-15)23-12-17-24-25-19(27(16)17)26-9-7-21-8-10-26/h1-6,11,21H,7-10,12H2. The summed E-state index contributed by atoms with van der Waals surface area (Å²) in [6.07, 6.45) is 1.80. The Kier molecular flexibility index (Phi) is 4.21. The number of nitrogens with zero attached hydrogens (tertiary/aromatic N) is 6. The fourth-order valence-electron chi connectivity index (χ4n) is 3.58. The summed E-state index contributed by atoms with van der Waals surface area (Å²) in [4.78, 5) is 11.7. The zero-order chi connectivity index (χ0) is 18.2. The molecule has 2 aliphatic heterocycles. The molecule has 0 unspecified atom stereocenters. The second-order valence-corrected chi connectivity index (χ2v) is 7.45. The van der Waals surface area contributed by atoms with E-state index in [2.05, 4.69) is 58.0 Å². The maximum absolute atomic E-state index is 4.85. The molecule has 4 heterocycles. The monoisotopic (exact) mass is 423 g/mol. The van der Waals surface area contributed by atoms with Gasteiger partial charge in [-0.25, -0.2) is 0 Å². The second kappa shape index (κ2) is 6.86. The van der Waals surface area contributed by atoms with Crippen molar-refractivity contribution in [3.63, 3.8) is 0 Å². The molecule has 8 heteroatoms. The number of pyridine rings is 1. The molecule has 0 spiro atoms. The van der Waals surface area contributed by atoms with Crippen molar-refractivity contribution in [1.82, 2.24) is 25.1 Å². The highest BCUT2D eigenvalue weighted by Crippen LogP contribution is 2.30. The third-order valence-electron chi connectivity index (χ3n) is 4.85. The number of benzene rings is 1. The third-order valence-corrected chi connectivity index (χ3v) is 5.35. The van der Waals surface area contributed by atoms with Gasteiger partial charge in [-0.2, -0.15) is 0 Å². The van der Waals surface area contributed by atoms with Crippen molar-refractivity contribution in [2.75, 3.05) is 31.1 Å². The van der Waals surface area contributed by atoms with Crippen LogP contribution in [0.15, 0.2) is 52.1 Å². The first-order valence-electron chi connectivity index (χ1n) is 8.97. The van der Waals surface area contributed by atoms with Crippen LogP contribution in [-0.2, 0) is 6.54 Å². The summed E-state index contributed by atoms with van der Waals surface area (Å²) >= 11 is 3.61. The summed E-state index contributed by atoms with van der Waals surface area (Å²) in [5.41, 5.74) is 3.80. The van der Waals surface area contributed by atoms with Crippen molar-refractivity contribution in [3.05, 3.63) is 64.1 Å². The van der Waals surface area contributed by atoms with E-state index in [9.17, 15) is 0 Å². The van der Waals surface area contributed by atoms with Crippen LogP contribution >= 0.6 is 15.9 Å². The van der Waals surface area contributed by atoms with Gasteiger partial charge in [-0.1, -0.05) is 22.0 Å². The van der Waals surface area contributed by atoms with E-state index in [0.29, 0.717) is 6.54 Å². The molecule has 0 bridgehead atoms. The minimum Gasteiger partial charge on any atom is -0.338 e. The van der Waals surface area contributed by atoms with Crippen molar-refractivity contribution in [1.29, 1.82) is 0 Å². The fraction of sp³-hybridized carbons (Fsp3) is 0.263. The first-order valence-corrected chi connectivity index (χ1v) is 9.77. The Morgan fingerprint density at radius 1 is 1.04 bits per heavy atom. The van der Waals surface area contributed by atoms with Crippen LogP contribution < -0.4 is 10.2 Å². The summed E-state index contributed by atoms with van der Waals surface area (Å²) in [5.74, 6) is 1.73. The highest BCUT2D eigenvalue weighted by molar-refractivity contribution is 9.10. The van der Waals surface area contributed by atoms with Crippen molar-refractivity contribution in [3.8, 4) is 5.69 Å². The Morgan fingerprint density at radius 2 is 1.93 bits per heavy atom. The predicted molar refractivity (Wildman–Crippen MR) is 108 cm³/mol. The van der Waals surface area contributed by atoms with Gasteiger partial charge in [0.25, 0.3) is 0 Å². The largest absolute Gasteiger partial charge is 0.338 e. The molecule has 3 aromatic rings. The van der Waals surface area contributed by atoms with Crippen LogP contribution in [0.25, 0.3) is 5.69 Å². The number of piperazine rings is 1. The van der Waals surface area contributed by atoms with Gasteiger partial charge in [-0.15, -0.1) is 10.2 Å². The molecule has 136 valence electrons. The highest BCUT2D eigenvalue weighted by atomic mass is 79.9. The van der Waals surface area contributed by atoms with Crippen molar-refractivity contribution in [2.24, 2.45) is 4.99 Å². The normalized spacial score (nSPS) is 16.3. The van der Waals surface area contributed by atoms with Crippen LogP contribution in [0.1, 0.15) is 17.1 Å². The number of fused-ring (bicyclic) bond motifs is 3. The highest BCUT2D eigenvalue weighted by Gasteiger charge is 2.26. The molecule has 0 saturated carbocycles. The average molecular weight is 424 g/mol. The van der Waals surface area contributed by atoms with E-state index in [1.54, 1.807) is 6.20 Å². The molecular formula is C19H18BrN7. The first-order chi connectivity index (χ1) is 13.3. The number of aliphatic imine (C=N–C) groups is 1. The van der Waals surface area contributed by atoms with Gasteiger partial charge in [-0.3, -0.25) is 14.5 Å². The van der Waals surface area contributed by atoms with Gasteiger partial charge >= 0.3 is 0 Å². The first kappa shape index (κ1) is 16.6. The molecule has 0 aliphatic carbocycles. The Balaban J connectivity index is 1.69. The number of aromatic nitrogens is 4. The van der Waals surface area contributed by atoms with Crippen LogP contribution in [0.5, 0.6) is 0 Å². The fourth-order valence-corrected chi connectivity index (χ4v) is 3.94. The molecule has 2 aliphatic rings. The predicted octanol–water partition coefficient (Wildman–Crippen LogP) is 2.19. The van der Waals surface area contributed by atoms with E-state index in [4.69, 9.17) is 4.99 Å². The lowest BCUT2D eigenvalue weighted by atomic mass is 10.0. The molecule has 1 aromatic carbocycles. The van der Waals surface area contributed by atoms with Gasteiger partial charge in [0.15, 0.2) is 5.82 Å². The number of hydrogen-bond donors (Lipinski definition) is 1. The van der Waals surface area contributed by atoms with Gasteiger partial charge < -0.3 is 10.2 Å². The Hall–Kier alpha value is -2.58. The van der Waals surface area contributed by atoms with E-state index in [-0.39, 0.29) is 0 Å². The number of nitrogens with one attached hydrogen (secondary N) is 1. The van der Waals surface area contributed by atoms with E-state index in [1.807, 2.05) is 24.3 Å². The molecule has 0 amide bonds. The molecule has 0 radical (unpaired) electrons. The molecule has 1 fully saturated rings. The van der Waals surface area contributed by atoms with Crippen LogP contribution in [0.2, 0.25) is 0 Å². The maximum atomic E-state index is 4.85. The minimum atomic E-state index is 0.470. The van der Waals surface area contributed by atoms with E-state index < -0.39 is 0 Å². The molecule has 7 nitrogen and oxygen atoms in total. The summed E-state index contributed by atoms with van der Waals surface area (Å²) in [5, 5.41) is 12.3. The van der Waals surface area contributed by atoms with Gasteiger partial charge in [0.1, 0.15) is 6.54 Å². The van der Waals surface area contributed by atoms with Crippen LogP contribution in [0.4, 0.5) is 5.95 Å². The smallest absolute Gasteiger partial charge is 0.232 e. The van der Waals surface area contributed by atoms with Gasteiger partial charge in [0, 0.05) is 42.4 Å². The van der Waals surface area contributed by atoms with Crippen LogP contribution in [0, 0.1) is 0 Å². The zero-order valence-electron chi connectivity index (χ0n) is 14.6. The number of anilines is 1.